The first-order valence-electron chi connectivity index (χ1n) is 5.93. The van der Waals surface area contributed by atoms with Crippen molar-refractivity contribution >= 4 is 28.3 Å². The van der Waals surface area contributed by atoms with Crippen LogP contribution in [0.15, 0.2) is 66.4 Å². The Bertz CT molecular complexity index is 595. The lowest BCUT2D eigenvalue weighted by Crippen LogP contribution is -1.94. The fourth-order valence-corrected chi connectivity index (χ4v) is 2.01. The lowest BCUT2D eigenvalue weighted by molar-refractivity contribution is 1.19. The third kappa shape index (κ3) is 4.42. The average Bonchev–Trinajstić information content (AvgIpc) is 2.46. The fraction of sp³-hybridized carbons (Fsp3) is 0.0625. The number of hydrogen-bond acceptors (Lipinski definition) is 2. The second-order valence-electron chi connectivity index (χ2n) is 4.09. The van der Waals surface area contributed by atoms with Crippen LogP contribution in [0, 0.1) is 14.9 Å². The highest BCUT2D eigenvalue weighted by molar-refractivity contribution is 14.1. The summed E-state index contributed by atoms with van der Waals surface area (Å²) in [7, 11) is 0. The first-order chi connectivity index (χ1) is 9.28. The molecule has 94 valence electrons. The number of halogens is 1. The summed E-state index contributed by atoms with van der Waals surface area (Å²) in [5.41, 5.74) is 2.84. The molecule has 0 saturated heterocycles. The van der Waals surface area contributed by atoms with Crippen LogP contribution in [0.2, 0.25) is 0 Å². The van der Waals surface area contributed by atoms with Crippen LogP contribution in [0.1, 0.15) is 5.56 Å². The van der Waals surface area contributed by atoms with Crippen molar-refractivity contribution < 1.29 is 0 Å². The van der Waals surface area contributed by atoms with Gasteiger partial charge in [-0.1, -0.05) is 30.3 Å². The van der Waals surface area contributed by atoms with E-state index in [9.17, 15) is 0 Å². The third-order valence-electron chi connectivity index (χ3n) is 2.64. The summed E-state index contributed by atoms with van der Waals surface area (Å²) in [6.07, 6.45) is 2.42. The van der Waals surface area contributed by atoms with E-state index in [1.807, 2.05) is 30.3 Å². The van der Waals surface area contributed by atoms with Gasteiger partial charge in [0.1, 0.15) is 0 Å². The number of allylic oxidation sites excluding steroid dienone is 1. The highest BCUT2D eigenvalue weighted by Crippen LogP contribution is 2.12. The van der Waals surface area contributed by atoms with Crippen LogP contribution in [0.5, 0.6) is 0 Å². The number of para-hydroxylation sites is 1. The Kier molecular flexibility index (Phi) is 4.99. The summed E-state index contributed by atoms with van der Waals surface area (Å²) < 4.78 is 1.20. The van der Waals surface area contributed by atoms with Crippen LogP contribution in [-0.2, 0) is 6.42 Å². The Morgan fingerprint density at radius 2 is 1.79 bits per heavy atom. The average molecular weight is 360 g/mol. The SMILES string of the molecule is N#CC(=CNc1ccccc1)Cc1ccc(I)cc1. The summed E-state index contributed by atoms with van der Waals surface area (Å²) in [5.74, 6) is 0. The maximum Gasteiger partial charge on any atom is 0.0965 e. The maximum atomic E-state index is 9.16. The van der Waals surface area contributed by atoms with Crippen molar-refractivity contribution in [3.8, 4) is 6.07 Å². The molecule has 2 rings (SSSR count). The highest BCUT2D eigenvalue weighted by Gasteiger charge is 1.99. The summed E-state index contributed by atoms with van der Waals surface area (Å²) in [6.45, 7) is 0. The number of nitrogens with zero attached hydrogens (tertiary/aromatic N) is 1. The molecule has 0 unspecified atom stereocenters. The molecule has 0 aliphatic heterocycles. The van der Waals surface area contributed by atoms with Crippen LogP contribution >= 0.6 is 22.6 Å². The molecule has 1 N–H and O–H groups in total. The number of anilines is 1. The predicted octanol–water partition coefficient (Wildman–Crippen LogP) is 4.35. The molecule has 2 aromatic carbocycles. The van der Waals surface area contributed by atoms with Crippen LogP contribution in [0.3, 0.4) is 0 Å². The minimum Gasteiger partial charge on any atom is -0.361 e. The minimum atomic E-state index is 0.646. The van der Waals surface area contributed by atoms with Crippen LogP contribution in [0.25, 0.3) is 0 Å². The van der Waals surface area contributed by atoms with E-state index >= 15 is 0 Å². The highest BCUT2D eigenvalue weighted by atomic mass is 127. The first kappa shape index (κ1) is 13.6. The minimum absolute atomic E-state index is 0.646. The van der Waals surface area contributed by atoms with Gasteiger partial charge in [-0.15, -0.1) is 0 Å². The zero-order valence-electron chi connectivity index (χ0n) is 10.3. The van der Waals surface area contributed by atoms with E-state index in [2.05, 4.69) is 58.2 Å². The van der Waals surface area contributed by atoms with Crippen molar-refractivity contribution in [2.75, 3.05) is 5.32 Å². The standard InChI is InChI=1S/C16H13IN2/c17-15-8-6-13(7-9-15)10-14(11-18)12-19-16-4-2-1-3-5-16/h1-9,12,19H,10H2. The molecule has 19 heavy (non-hydrogen) atoms. The largest absolute Gasteiger partial charge is 0.361 e. The summed E-state index contributed by atoms with van der Waals surface area (Å²) in [5, 5.41) is 12.3. The predicted molar refractivity (Wildman–Crippen MR) is 86.6 cm³/mol. The Balaban J connectivity index is 2.04. The molecule has 0 atom stereocenters. The van der Waals surface area contributed by atoms with Gasteiger partial charge in [0.25, 0.3) is 0 Å². The van der Waals surface area contributed by atoms with Gasteiger partial charge in [-0.2, -0.15) is 5.26 Å². The Morgan fingerprint density at radius 1 is 1.11 bits per heavy atom. The quantitative estimate of drug-likeness (QED) is 0.650. The molecule has 0 bridgehead atoms. The molecule has 0 aliphatic carbocycles. The zero-order chi connectivity index (χ0) is 13.5. The normalized spacial score (nSPS) is 10.8. The molecule has 0 amide bonds. The van der Waals surface area contributed by atoms with Crippen molar-refractivity contribution in [2.24, 2.45) is 0 Å². The van der Waals surface area contributed by atoms with Gasteiger partial charge in [-0.25, -0.2) is 0 Å². The van der Waals surface area contributed by atoms with E-state index in [1.165, 1.54) is 3.57 Å². The lowest BCUT2D eigenvalue weighted by atomic mass is 10.1. The smallest absolute Gasteiger partial charge is 0.0965 e. The van der Waals surface area contributed by atoms with Gasteiger partial charge in [0, 0.05) is 27.5 Å². The van der Waals surface area contributed by atoms with Crippen molar-refractivity contribution in [3.63, 3.8) is 0 Å². The molecular weight excluding hydrogens is 347 g/mol. The van der Waals surface area contributed by atoms with E-state index in [0.29, 0.717) is 12.0 Å². The molecule has 0 radical (unpaired) electrons. The Labute approximate surface area is 126 Å². The molecular formula is C16H13IN2. The number of benzene rings is 2. The second-order valence-corrected chi connectivity index (χ2v) is 5.34. The molecule has 0 saturated carbocycles. The van der Waals surface area contributed by atoms with Crippen molar-refractivity contribution in [3.05, 3.63) is 75.5 Å². The summed E-state index contributed by atoms with van der Waals surface area (Å²) >= 11 is 2.27. The van der Waals surface area contributed by atoms with Gasteiger partial charge in [0.2, 0.25) is 0 Å². The number of rotatable bonds is 4. The van der Waals surface area contributed by atoms with Gasteiger partial charge >= 0.3 is 0 Å². The summed E-state index contributed by atoms with van der Waals surface area (Å²) in [6, 6.07) is 20.3. The van der Waals surface area contributed by atoms with Gasteiger partial charge in [0.05, 0.1) is 6.07 Å². The Hall–Kier alpha value is -1.80. The number of nitrogens with one attached hydrogen (secondary N) is 1. The molecule has 0 heterocycles. The monoisotopic (exact) mass is 360 g/mol. The van der Waals surface area contributed by atoms with E-state index in [4.69, 9.17) is 5.26 Å². The molecule has 0 fully saturated rings. The zero-order valence-corrected chi connectivity index (χ0v) is 12.5. The third-order valence-corrected chi connectivity index (χ3v) is 3.36. The van der Waals surface area contributed by atoms with E-state index in [0.717, 1.165) is 11.3 Å². The van der Waals surface area contributed by atoms with Gasteiger partial charge in [-0.05, 0) is 52.4 Å². The fourth-order valence-electron chi connectivity index (χ4n) is 1.65. The van der Waals surface area contributed by atoms with Crippen LogP contribution in [0.4, 0.5) is 5.69 Å². The van der Waals surface area contributed by atoms with Crippen molar-refractivity contribution in [1.29, 1.82) is 5.26 Å². The van der Waals surface area contributed by atoms with Crippen LogP contribution < -0.4 is 5.32 Å². The van der Waals surface area contributed by atoms with Gasteiger partial charge < -0.3 is 5.32 Å². The molecule has 0 aliphatic rings. The van der Waals surface area contributed by atoms with Crippen molar-refractivity contribution in [1.82, 2.24) is 0 Å². The van der Waals surface area contributed by atoms with Gasteiger partial charge in [0.15, 0.2) is 0 Å². The second kappa shape index (κ2) is 6.95. The Morgan fingerprint density at radius 3 is 2.42 bits per heavy atom. The molecule has 0 spiro atoms. The summed E-state index contributed by atoms with van der Waals surface area (Å²) in [4.78, 5) is 0. The first-order valence-corrected chi connectivity index (χ1v) is 7.01. The van der Waals surface area contributed by atoms with E-state index < -0.39 is 0 Å². The number of hydrogen-bond donors (Lipinski definition) is 1. The molecule has 2 nitrogen and oxygen atoms in total. The lowest BCUT2D eigenvalue weighted by Gasteiger charge is -2.03. The van der Waals surface area contributed by atoms with Crippen LogP contribution in [-0.4, -0.2) is 0 Å². The maximum absolute atomic E-state index is 9.16. The molecule has 0 aromatic heterocycles. The van der Waals surface area contributed by atoms with Gasteiger partial charge in [-0.3, -0.25) is 0 Å². The van der Waals surface area contributed by atoms with E-state index in [-0.39, 0.29) is 0 Å². The topological polar surface area (TPSA) is 35.8 Å². The van der Waals surface area contributed by atoms with E-state index in [1.54, 1.807) is 6.20 Å². The molecule has 3 heteroatoms. The molecule has 2 aromatic rings. The number of nitriles is 1. The van der Waals surface area contributed by atoms with Crippen molar-refractivity contribution in [2.45, 2.75) is 6.42 Å².